The van der Waals surface area contributed by atoms with E-state index in [4.69, 9.17) is 16.3 Å². The Morgan fingerprint density at radius 3 is 3.12 bits per heavy atom. The zero-order chi connectivity index (χ0) is 12.3. The highest BCUT2D eigenvalue weighted by Gasteiger charge is 2.22. The van der Waals surface area contributed by atoms with Gasteiger partial charge in [-0.25, -0.2) is 4.39 Å². The fourth-order valence-corrected chi connectivity index (χ4v) is 1.95. The molecule has 17 heavy (non-hydrogen) atoms. The highest BCUT2D eigenvalue weighted by atomic mass is 35.5. The third-order valence-corrected chi connectivity index (χ3v) is 2.89. The molecule has 0 radical (unpaired) electrons. The Balaban J connectivity index is 2.04. The summed E-state index contributed by atoms with van der Waals surface area (Å²) in [5.74, 6) is -0.537. The predicted octanol–water partition coefficient (Wildman–Crippen LogP) is 1.58. The fourth-order valence-electron chi connectivity index (χ4n) is 1.75. The third-order valence-electron chi connectivity index (χ3n) is 2.66. The van der Waals surface area contributed by atoms with Crippen molar-refractivity contribution in [3.63, 3.8) is 0 Å². The molecule has 0 aromatic heterocycles. The van der Waals surface area contributed by atoms with Crippen molar-refractivity contribution in [1.82, 2.24) is 5.32 Å². The van der Waals surface area contributed by atoms with Gasteiger partial charge in [-0.2, -0.15) is 0 Å². The van der Waals surface area contributed by atoms with E-state index in [1.807, 2.05) is 0 Å². The van der Waals surface area contributed by atoms with Gasteiger partial charge in [0.25, 0.3) is 0 Å². The zero-order valence-electron chi connectivity index (χ0n) is 9.21. The largest absolute Gasteiger partial charge is 0.368 e. The van der Waals surface area contributed by atoms with Crippen LogP contribution in [0.25, 0.3) is 0 Å². The number of ketones is 1. The Bertz CT molecular complexity index is 419. The molecular weight excluding hydrogens is 245 g/mol. The molecule has 2 rings (SSSR count). The van der Waals surface area contributed by atoms with Crippen LogP contribution in [0, 0.1) is 5.82 Å². The summed E-state index contributed by atoms with van der Waals surface area (Å²) >= 11 is 5.76. The van der Waals surface area contributed by atoms with Crippen molar-refractivity contribution in [3.8, 4) is 0 Å². The Hall–Kier alpha value is -0.970. The summed E-state index contributed by atoms with van der Waals surface area (Å²) in [5, 5.41) is 3.49. The second-order valence-corrected chi connectivity index (χ2v) is 4.38. The molecule has 5 heteroatoms. The zero-order valence-corrected chi connectivity index (χ0v) is 9.97. The van der Waals surface area contributed by atoms with E-state index in [2.05, 4.69) is 5.32 Å². The van der Waals surface area contributed by atoms with Gasteiger partial charge in [-0.05, 0) is 23.8 Å². The van der Waals surface area contributed by atoms with Gasteiger partial charge < -0.3 is 10.1 Å². The van der Waals surface area contributed by atoms with Crippen molar-refractivity contribution in [3.05, 3.63) is 34.6 Å². The van der Waals surface area contributed by atoms with Crippen LogP contribution < -0.4 is 5.32 Å². The summed E-state index contributed by atoms with van der Waals surface area (Å²) in [6, 6.07) is 4.21. The molecule has 1 heterocycles. The Morgan fingerprint density at radius 2 is 2.41 bits per heavy atom. The molecule has 1 unspecified atom stereocenters. The number of morpholine rings is 1. The van der Waals surface area contributed by atoms with Gasteiger partial charge in [-0.15, -0.1) is 0 Å². The van der Waals surface area contributed by atoms with Crippen molar-refractivity contribution >= 4 is 17.4 Å². The number of benzene rings is 1. The normalized spacial score (nSPS) is 20.2. The molecule has 0 aliphatic carbocycles. The van der Waals surface area contributed by atoms with Gasteiger partial charge in [0.1, 0.15) is 11.9 Å². The maximum atomic E-state index is 13.4. The van der Waals surface area contributed by atoms with Crippen molar-refractivity contribution < 1.29 is 13.9 Å². The summed E-state index contributed by atoms with van der Waals surface area (Å²) in [5.41, 5.74) is 0.316. The lowest BCUT2D eigenvalue weighted by Crippen LogP contribution is -2.43. The maximum Gasteiger partial charge on any atom is 0.167 e. The number of Topliss-reactive ketones (excluding diaryl/α,β-unsaturated/α-hetero) is 1. The number of halogens is 2. The van der Waals surface area contributed by atoms with Crippen molar-refractivity contribution in [1.29, 1.82) is 0 Å². The first-order valence-electron chi connectivity index (χ1n) is 5.46. The minimum Gasteiger partial charge on any atom is -0.368 e. The van der Waals surface area contributed by atoms with E-state index in [1.165, 1.54) is 18.2 Å². The molecule has 1 aromatic rings. The molecule has 92 valence electrons. The van der Waals surface area contributed by atoms with Crippen LogP contribution in [0.4, 0.5) is 4.39 Å². The molecule has 3 nitrogen and oxygen atoms in total. The summed E-state index contributed by atoms with van der Waals surface area (Å²) < 4.78 is 18.7. The predicted molar refractivity (Wildman–Crippen MR) is 62.7 cm³/mol. The lowest BCUT2D eigenvalue weighted by atomic mass is 10.0. The Morgan fingerprint density at radius 1 is 1.59 bits per heavy atom. The van der Waals surface area contributed by atoms with Gasteiger partial charge in [0, 0.05) is 24.5 Å². The monoisotopic (exact) mass is 257 g/mol. The van der Waals surface area contributed by atoms with E-state index in [1.54, 1.807) is 0 Å². The standard InChI is InChI=1S/C12H13ClFNO2/c13-9-1-2-10(14)8(5-9)6-11(16)12-7-15-3-4-17-12/h1-2,5,12,15H,3-4,6-7H2. The van der Waals surface area contributed by atoms with Crippen LogP contribution in [0.5, 0.6) is 0 Å². The molecular formula is C12H13ClFNO2. The molecule has 0 bridgehead atoms. The van der Waals surface area contributed by atoms with Crippen LogP contribution in [0.3, 0.4) is 0 Å². The van der Waals surface area contributed by atoms with Gasteiger partial charge in [0.05, 0.1) is 6.61 Å². The molecule has 0 spiro atoms. The molecule has 1 atom stereocenters. The number of rotatable bonds is 3. The van der Waals surface area contributed by atoms with Crippen LogP contribution >= 0.6 is 11.6 Å². The molecule has 1 aromatic carbocycles. The molecule has 0 amide bonds. The van der Waals surface area contributed by atoms with Gasteiger partial charge in [-0.3, -0.25) is 4.79 Å². The van der Waals surface area contributed by atoms with E-state index in [9.17, 15) is 9.18 Å². The van der Waals surface area contributed by atoms with Crippen molar-refractivity contribution in [2.75, 3.05) is 19.7 Å². The number of carbonyl (C=O) groups is 1. The second-order valence-electron chi connectivity index (χ2n) is 3.94. The molecule has 1 N–H and O–H groups in total. The number of hydrogen-bond donors (Lipinski definition) is 1. The molecule has 1 saturated heterocycles. The highest BCUT2D eigenvalue weighted by Crippen LogP contribution is 2.16. The third kappa shape index (κ3) is 3.25. The van der Waals surface area contributed by atoms with E-state index in [-0.39, 0.29) is 12.2 Å². The van der Waals surface area contributed by atoms with Gasteiger partial charge in [-0.1, -0.05) is 11.6 Å². The van der Waals surface area contributed by atoms with Crippen LogP contribution in [-0.4, -0.2) is 31.6 Å². The van der Waals surface area contributed by atoms with E-state index in [0.717, 1.165) is 6.54 Å². The van der Waals surface area contributed by atoms with Crippen LogP contribution in [0.1, 0.15) is 5.56 Å². The van der Waals surface area contributed by atoms with E-state index < -0.39 is 11.9 Å². The minimum absolute atomic E-state index is 0.0126. The minimum atomic E-state index is -0.484. The summed E-state index contributed by atoms with van der Waals surface area (Å²) in [7, 11) is 0. The smallest absolute Gasteiger partial charge is 0.167 e. The molecule has 1 fully saturated rings. The van der Waals surface area contributed by atoms with Gasteiger partial charge in [0.2, 0.25) is 0 Å². The first-order valence-corrected chi connectivity index (χ1v) is 5.83. The summed E-state index contributed by atoms with van der Waals surface area (Å²) in [4.78, 5) is 11.9. The first kappa shape index (κ1) is 12.5. The van der Waals surface area contributed by atoms with Crippen molar-refractivity contribution in [2.45, 2.75) is 12.5 Å². The van der Waals surface area contributed by atoms with Crippen molar-refractivity contribution in [2.24, 2.45) is 0 Å². The average Bonchev–Trinajstić information content (AvgIpc) is 2.35. The van der Waals surface area contributed by atoms with Gasteiger partial charge in [0.15, 0.2) is 5.78 Å². The number of hydrogen-bond acceptors (Lipinski definition) is 3. The summed E-state index contributed by atoms with van der Waals surface area (Å²) in [6.07, 6.45) is -0.471. The Kier molecular flexibility index (Phi) is 4.10. The van der Waals surface area contributed by atoms with Gasteiger partial charge >= 0.3 is 0 Å². The lowest BCUT2D eigenvalue weighted by molar-refractivity contribution is -0.131. The second kappa shape index (κ2) is 5.58. The maximum absolute atomic E-state index is 13.4. The Labute approximate surface area is 104 Å². The summed E-state index contributed by atoms with van der Waals surface area (Å²) in [6.45, 7) is 1.74. The molecule has 1 aliphatic heterocycles. The fraction of sp³-hybridized carbons (Fsp3) is 0.417. The van der Waals surface area contributed by atoms with E-state index >= 15 is 0 Å². The SMILES string of the molecule is O=C(Cc1cc(Cl)ccc1F)C1CNCCO1. The lowest BCUT2D eigenvalue weighted by Gasteiger charge is -2.22. The average molecular weight is 258 g/mol. The number of carbonyl (C=O) groups excluding carboxylic acids is 1. The number of nitrogens with one attached hydrogen (secondary N) is 1. The van der Waals surface area contributed by atoms with Crippen LogP contribution in [0.15, 0.2) is 18.2 Å². The molecule has 1 aliphatic rings. The quantitative estimate of drug-likeness (QED) is 0.894. The highest BCUT2D eigenvalue weighted by molar-refractivity contribution is 6.30. The van der Waals surface area contributed by atoms with E-state index in [0.29, 0.717) is 23.7 Å². The van der Waals surface area contributed by atoms with Crippen LogP contribution in [0.2, 0.25) is 5.02 Å². The first-order chi connectivity index (χ1) is 8.16. The van der Waals surface area contributed by atoms with Crippen LogP contribution in [-0.2, 0) is 16.0 Å². The molecule has 0 saturated carbocycles. The topological polar surface area (TPSA) is 38.3 Å². The number of ether oxygens (including phenoxy) is 1.